The molecule has 0 aliphatic carbocycles. The van der Waals surface area contributed by atoms with Crippen molar-refractivity contribution in [2.45, 2.75) is 13.3 Å². The molecule has 0 spiro atoms. The van der Waals surface area contributed by atoms with E-state index in [0.717, 1.165) is 21.9 Å². The molecule has 2 aromatic rings. The Balaban J connectivity index is 2.28. The SMILES string of the molecule is CCC(=O)N(CCN(C)C)c1nc2ccccc2s1. The number of fused-ring (bicyclic) bond motifs is 1. The molecule has 1 amide bonds. The van der Waals surface area contributed by atoms with Gasteiger partial charge in [-0.15, -0.1) is 0 Å². The molecule has 0 saturated carbocycles. The van der Waals surface area contributed by atoms with E-state index in [1.165, 1.54) is 0 Å². The monoisotopic (exact) mass is 277 g/mol. The van der Waals surface area contributed by atoms with Crippen LogP contribution in [-0.4, -0.2) is 43.0 Å². The van der Waals surface area contributed by atoms with Crippen molar-refractivity contribution >= 4 is 32.6 Å². The summed E-state index contributed by atoms with van der Waals surface area (Å²) in [6.45, 7) is 3.40. The second kappa shape index (κ2) is 6.12. The zero-order valence-electron chi connectivity index (χ0n) is 11.6. The van der Waals surface area contributed by atoms with Gasteiger partial charge in [-0.05, 0) is 26.2 Å². The Morgan fingerprint density at radius 3 is 2.63 bits per heavy atom. The molecule has 4 nitrogen and oxygen atoms in total. The van der Waals surface area contributed by atoms with E-state index in [4.69, 9.17) is 0 Å². The Labute approximate surface area is 117 Å². The largest absolute Gasteiger partial charge is 0.308 e. The van der Waals surface area contributed by atoms with Crippen LogP contribution in [0.2, 0.25) is 0 Å². The summed E-state index contributed by atoms with van der Waals surface area (Å²) in [6.07, 6.45) is 0.503. The number of hydrogen-bond acceptors (Lipinski definition) is 4. The minimum absolute atomic E-state index is 0.126. The summed E-state index contributed by atoms with van der Waals surface area (Å²) in [5.41, 5.74) is 0.959. The van der Waals surface area contributed by atoms with E-state index in [1.54, 1.807) is 16.2 Å². The van der Waals surface area contributed by atoms with Crippen molar-refractivity contribution in [1.82, 2.24) is 9.88 Å². The van der Waals surface area contributed by atoms with Gasteiger partial charge in [-0.2, -0.15) is 0 Å². The molecule has 0 bridgehead atoms. The van der Waals surface area contributed by atoms with Crippen molar-refractivity contribution in [3.63, 3.8) is 0 Å². The van der Waals surface area contributed by atoms with Crippen molar-refractivity contribution in [1.29, 1.82) is 0 Å². The number of thiazole rings is 1. The zero-order chi connectivity index (χ0) is 13.8. The first-order valence-electron chi connectivity index (χ1n) is 6.42. The second-order valence-corrected chi connectivity index (χ2v) is 5.68. The predicted octanol–water partition coefficient (Wildman–Crippen LogP) is 2.60. The smallest absolute Gasteiger partial charge is 0.228 e. The highest BCUT2D eigenvalue weighted by atomic mass is 32.1. The average Bonchev–Trinajstić information content (AvgIpc) is 2.81. The van der Waals surface area contributed by atoms with E-state index in [-0.39, 0.29) is 5.91 Å². The summed E-state index contributed by atoms with van der Waals surface area (Å²) in [4.78, 5) is 20.5. The van der Waals surface area contributed by atoms with Gasteiger partial charge in [0.2, 0.25) is 5.91 Å². The first-order valence-corrected chi connectivity index (χ1v) is 7.24. The fourth-order valence-electron chi connectivity index (χ4n) is 1.79. The molecule has 2 rings (SSSR count). The van der Waals surface area contributed by atoms with Crippen LogP contribution in [0.1, 0.15) is 13.3 Å². The van der Waals surface area contributed by atoms with E-state index in [9.17, 15) is 4.79 Å². The third kappa shape index (κ3) is 3.30. The molecule has 1 aromatic carbocycles. The quantitative estimate of drug-likeness (QED) is 0.843. The molecule has 0 fully saturated rings. The molecule has 5 heteroatoms. The summed E-state index contributed by atoms with van der Waals surface area (Å²) < 4.78 is 1.12. The highest BCUT2D eigenvalue weighted by Crippen LogP contribution is 2.28. The molecule has 0 N–H and O–H groups in total. The fourth-order valence-corrected chi connectivity index (χ4v) is 2.80. The number of likely N-dealkylation sites (N-methyl/N-ethyl adjacent to an activating group) is 1. The standard InChI is InChI=1S/C14H19N3OS/c1-4-13(18)17(10-9-16(2)3)14-15-11-7-5-6-8-12(11)19-14/h5-8H,4,9-10H2,1-3H3. The van der Waals surface area contributed by atoms with Crippen molar-refractivity contribution in [2.24, 2.45) is 0 Å². The maximum absolute atomic E-state index is 12.1. The fraction of sp³-hybridized carbons (Fsp3) is 0.429. The van der Waals surface area contributed by atoms with Crippen molar-refractivity contribution in [3.8, 4) is 0 Å². The lowest BCUT2D eigenvalue weighted by Gasteiger charge is -2.21. The summed E-state index contributed by atoms with van der Waals surface area (Å²) in [5, 5.41) is 0.801. The van der Waals surface area contributed by atoms with Crippen LogP contribution in [0.3, 0.4) is 0 Å². The lowest BCUT2D eigenvalue weighted by Crippen LogP contribution is -2.36. The minimum Gasteiger partial charge on any atom is -0.308 e. The highest BCUT2D eigenvalue weighted by Gasteiger charge is 2.17. The molecule has 0 unspecified atom stereocenters. The molecule has 102 valence electrons. The van der Waals surface area contributed by atoms with Crippen LogP contribution in [0, 0.1) is 0 Å². The van der Waals surface area contributed by atoms with Gasteiger partial charge in [0.25, 0.3) is 0 Å². The van der Waals surface area contributed by atoms with Crippen LogP contribution in [0.25, 0.3) is 10.2 Å². The van der Waals surface area contributed by atoms with Gasteiger partial charge < -0.3 is 4.90 Å². The molecule has 1 heterocycles. The Hall–Kier alpha value is -1.46. The molecular weight excluding hydrogens is 258 g/mol. The predicted molar refractivity (Wildman–Crippen MR) is 80.8 cm³/mol. The number of aromatic nitrogens is 1. The third-order valence-electron chi connectivity index (χ3n) is 2.89. The Morgan fingerprint density at radius 1 is 1.26 bits per heavy atom. The van der Waals surface area contributed by atoms with Gasteiger partial charge in [-0.25, -0.2) is 4.98 Å². The summed E-state index contributed by atoms with van der Waals surface area (Å²) >= 11 is 1.58. The van der Waals surface area contributed by atoms with Crippen LogP contribution in [-0.2, 0) is 4.79 Å². The van der Waals surface area contributed by atoms with E-state index >= 15 is 0 Å². The lowest BCUT2D eigenvalue weighted by atomic mass is 10.3. The van der Waals surface area contributed by atoms with Crippen LogP contribution in [0.5, 0.6) is 0 Å². The van der Waals surface area contributed by atoms with E-state index in [0.29, 0.717) is 13.0 Å². The third-order valence-corrected chi connectivity index (χ3v) is 3.95. The van der Waals surface area contributed by atoms with E-state index < -0.39 is 0 Å². The average molecular weight is 277 g/mol. The number of benzene rings is 1. The Morgan fingerprint density at radius 2 is 2.00 bits per heavy atom. The topological polar surface area (TPSA) is 36.4 Å². The highest BCUT2D eigenvalue weighted by molar-refractivity contribution is 7.22. The van der Waals surface area contributed by atoms with Gasteiger partial charge in [0.1, 0.15) is 0 Å². The first kappa shape index (κ1) is 14.0. The number of anilines is 1. The minimum atomic E-state index is 0.126. The molecule has 0 aliphatic heterocycles. The number of nitrogens with zero attached hydrogens (tertiary/aromatic N) is 3. The molecular formula is C14H19N3OS. The normalized spacial score (nSPS) is 11.2. The van der Waals surface area contributed by atoms with Crippen LogP contribution in [0.15, 0.2) is 24.3 Å². The van der Waals surface area contributed by atoms with E-state index in [2.05, 4.69) is 9.88 Å². The van der Waals surface area contributed by atoms with Crippen LogP contribution >= 0.6 is 11.3 Å². The molecule has 19 heavy (non-hydrogen) atoms. The van der Waals surface area contributed by atoms with Gasteiger partial charge in [0, 0.05) is 19.5 Å². The molecule has 1 aromatic heterocycles. The summed E-state index contributed by atoms with van der Waals surface area (Å²) in [5.74, 6) is 0.126. The molecule has 0 radical (unpaired) electrons. The van der Waals surface area contributed by atoms with Gasteiger partial charge in [0.15, 0.2) is 5.13 Å². The van der Waals surface area contributed by atoms with Gasteiger partial charge in [-0.1, -0.05) is 30.4 Å². The first-order chi connectivity index (χ1) is 9.11. The van der Waals surface area contributed by atoms with E-state index in [1.807, 2.05) is 45.3 Å². The summed E-state index contributed by atoms with van der Waals surface area (Å²) in [6, 6.07) is 7.99. The van der Waals surface area contributed by atoms with Crippen LogP contribution < -0.4 is 4.90 Å². The second-order valence-electron chi connectivity index (χ2n) is 4.67. The molecule has 0 atom stereocenters. The maximum Gasteiger partial charge on any atom is 0.228 e. The number of carbonyl (C=O) groups excluding carboxylic acids is 1. The number of rotatable bonds is 5. The number of carbonyl (C=O) groups is 1. The van der Waals surface area contributed by atoms with Crippen molar-refractivity contribution < 1.29 is 4.79 Å². The van der Waals surface area contributed by atoms with Gasteiger partial charge in [0.05, 0.1) is 10.2 Å². The maximum atomic E-state index is 12.1. The van der Waals surface area contributed by atoms with Gasteiger partial charge in [-0.3, -0.25) is 9.69 Å². The molecule has 0 saturated heterocycles. The zero-order valence-corrected chi connectivity index (χ0v) is 12.4. The number of amides is 1. The Bertz CT molecular complexity index is 532. The number of hydrogen-bond donors (Lipinski definition) is 0. The van der Waals surface area contributed by atoms with Crippen LogP contribution in [0.4, 0.5) is 5.13 Å². The van der Waals surface area contributed by atoms with Crippen molar-refractivity contribution in [3.05, 3.63) is 24.3 Å². The molecule has 0 aliphatic rings. The lowest BCUT2D eigenvalue weighted by molar-refractivity contribution is -0.118. The summed E-state index contributed by atoms with van der Waals surface area (Å²) in [7, 11) is 4.01. The van der Waals surface area contributed by atoms with Crippen molar-refractivity contribution in [2.75, 3.05) is 32.1 Å². The number of para-hydroxylation sites is 1. The van der Waals surface area contributed by atoms with Gasteiger partial charge >= 0.3 is 0 Å². The Kier molecular flexibility index (Phi) is 4.50.